The molecule has 0 saturated heterocycles. The summed E-state index contributed by atoms with van der Waals surface area (Å²) in [7, 11) is 0. The number of amides is 2. The van der Waals surface area contributed by atoms with Crippen LogP contribution in [-0.2, 0) is 22.2 Å². The zero-order chi connectivity index (χ0) is 16.8. The molecule has 0 aliphatic rings. The molecule has 2 amide bonds. The second-order valence-electron chi connectivity index (χ2n) is 4.76. The maximum atomic E-state index is 12.6. The number of carbonyl (C=O) groups is 2. The molecule has 0 spiro atoms. The summed E-state index contributed by atoms with van der Waals surface area (Å²) in [6.07, 6.45) is -2.37. The highest BCUT2D eigenvalue weighted by molar-refractivity contribution is 5.87. The summed E-state index contributed by atoms with van der Waals surface area (Å²) < 4.78 is 37.8. The lowest BCUT2D eigenvalue weighted by Gasteiger charge is -2.15. The minimum atomic E-state index is -4.47. The summed E-state index contributed by atoms with van der Waals surface area (Å²) in [6.45, 7) is 3.50. The topological polar surface area (TPSA) is 72.2 Å². The Morgan fingerprint density at radius 3 is 2.59 bits per heavy atom. The Kier molecular flexibility index (Phi) is 6.15. The molecular weight excluding hydrogens is 297 g/mol. The van der Waals surface area contributed by atoms with Crippen LogP contribution in [0.25, 0.3) is 0 Å². The molecule has 3 N–H and O–H groups in total. The van der Waals surface area contributed by atoms with Crippen LogP contribution in [0.15, 0.2) is 36.9 Å². The van der Waals surface area contributed by atoms with Gasteiger partial charge < -0.3 is 11.1 Å². The molecule has 0 unspecified atom stereocenters. The van der Waals surface area contributed by atoms with Gasteiger partial charge in [-0.1, -0.05) is 24.3 Å². The Balaban J connectivity index is 2.71. The van der Waals surface area contributed by atoms with Crippen LogP contribution < -0.4 is 11.1 Å². The van der Waals surface area contributed by atoms with Crippen molar-refractivity contribution in [2.24, 2.45) is 5.73 Å². The highest BCUT2D eigenvalue weighted by Gasteiger charge is 2.30. The zero-order valence-corrected chi connectivity index (χ0v) is 11.8. The third-order valence-electron chi connectivity index (χ3n) is 2.96. The van der Waals surface area contributed by atoms with E-state index in [1.54, 1.807) is 6.08 Å². The first-order valence-electron chi connectivity index (χ1n) is 6.59. The lowest BCUT2D eigenvalue weighted by molar-refractivity contribution is -0.137. The molecule has 1 aromatic rings. The van der Waals surface area contributed by atoms with Crippen LogP contribution in [0.3, 0.4) is 0 Å². The van der Waals surface area contributed by atoms with Crippen molar-refractivity contribution in [3.63, 3.8) is 0 Å². The van der Waals surface area contributed by atoms with Crippen molar-refractivity contribution in [1.82, 2.24) is 5.32 Å². The van der Waals surface area contributed by atoms with Crippen LogP contribution in [-0.4, -0.2) is 17.9 Å². The lowest BCUT2D eigenvalue weighted by Crippen LogP contribution is -2.44. The normalized spacial score (nSPS) is 12.5. The van der Waals surface area contributed by atoms with Gasteiger partial charge in [-0.25, -0.2) is 0 Å². The van der Waals surface area contributed by atoms with Gasteiger partial charge in [0.05, 0.1) is 12.0 Å². The second kappa shape index (κ2) is 7.63. The van der Waals surface area contributed by atoms with E-state index in [1.807, 2.05) is 0 Å². The number of hydrogen-bond donors (Lipinski definition) is 2. The molecular formula is C15H17F3N2O2. The summed E-state index contributed by atoms with van der Waals surface area (Å²) in [6, 6.07) is 3.61. The van der Waals surface area contributed by atoms with Gasteiger partial charge in [0.15, 0.2) is 0 Å². The van der Waals surface area contributed by atoms with E-state index in [0.717, 1.165) is 12.1 Å². The maximum absolute atomic E-state index is 12.6. The van der Waals surface area contributed by atoms with Gasteiger partial charge >= 0.3 is 6.18 Å². The fourth-order valence-corrected chi connectivity index (χ4v) is 1.86. The molecule has 0 heterocycles. The van der Waals surface area contributed by atoms with E-state index in [1.165, 1.54) is 12.1 Å². The van der Waals surface area contributed by atoms with Gasteiger partial charge in [0.25, 0.3) is 0 Å². The zero-order valence-electron chi connectivity index (χ0n) is 11.8. The molecule has 1 aromatic carbocycles. The number of nitrogens with two attached hydrogens (primary N) is 1. The van der Waals surface area contributed by atoms with Gasteiger partial charge in [-0.2, -0.15) is 13.2 Å². The summed E-state index contributed by atoms with van der Waals surface area (Å²) in [4.78, 5) is 23.0. The highest BCUT2D eigenvalue weighted by atomic mass is 19.4. The predicted molar refractivity (Wildman–Crippen MR) is 75.7 cm³/mol. The third kappa shape index (κ3) is 5.59. The van der Waals surface area contributed by atoms with E-state index in [4.69, 9.17) is 5.73 Å². The van der Waals surface area contributed by atoms with Gasteiger partial charge in [0.1, 0.15) is 6.04 Å². The third-order valence-corrected chi connectivity index (χ3v) is 2.96. The molecule has 0 aromatic heterocycles. The smallest absolute Gasteiger partial charge is 0.368 e. The van der Waals surface area contributed by atoms with Crippen molar-refractivity contribution in [3.05, 3.63) is 48.0 Å². The highest BCUT2D eigenvalue weighted by Crippen LogP contribution is 2.29. The molecule has 0 fully saturated rings. The number of nitrogens with one attached hydrogen (secondary N) is 1. The van der Waals surface area contributed by atoms with Crippen molar-refractivity contribution in [2.45, 2.75) is 31.5 Å². The van der Waals surface area contributed by atoms with Gasteiger partial charge in [0, 0.05) is 0 Å². The Hall–Kier alpha value is -2.31. The van der Waals surface area contributed by atoms with E-state index >= 15 is 0 Å². The predicted octanol–water partition coefficient (Wildman–Crippen LogP) is 2.18. The lowest BCUT2D eigenvalue weighted by atomic mass is 10.1. The van der Waals surface area contributed by atoms with Crippen LogP contribution in [0.1, 0.15) is 24.0 Å². The Labute approximate surface area is 126 Å². The summed E-state index contributed by atoms with van der Waals surface area (Å²) in [5.74, 6) is -1.26. The first-order chi connectivity index (χ1) is 10.2. The number of alkyl halides is 3. The van der Waals surface area contributed by atoms with Crippen molar-refractivity contribution < 1.29 is 22.8 Å². The molecule has 0 aliphatic heterocycles. The Morgan fingerprint density at radius 1 is 1.36 bits per heavy atom. The molecule has 1 atom stereocenters. The molecule has 0 bridgehead atoms. The van der Waals surface area contributed by atoms with Crippen LogP contribution in [0.4, 0.5) is 13.2 Å². The van der Waals surface area contributed by atoms with Crippen LogP contribution >= 0.6 is 0 Å². The first-order valence-corrected chi connectivity index (χ1v) is 6.59. The van der Waals surface area contributed by atoms with Crippen molar-refractivity contribution in [2.75, 3.05) is 0 Å². The molecule has 22 heavy (non-hydrogen) atoms. The molecule has 7 heteroatoms. The number of hydrogen-bond acceptors (Lipinski definition) is 2. The van der Waals surface area contributed by atoms with E-state index in [0.29, 0.717) is 12.8 Å². The number of benzene rings is 1. The molecule has 0 aliphatic carbocycles. The van der Waals surface area contributed by atoms with Crippen molar-refractivity contribution in [1.29, 1.82) is 0 Å². The summed E-state index contributed by atoms with van der Waals surface area (Å²) in [5, 5.41) is 2.42. The van der Waals surface area contributed by atoms with E-state index in [2.05, 4.69) is 11.9 Å². The second-order valence-corrected chi connectivity index (χ2v) is 4.76. The van der Waals surface area contributed by atoms with E-state index < -0.39 is 29.6 Å². The average Bonchev–Trinajstić information content (AvgIpc) is 2.42. The Morgan fingerprint density at radius 2 is 2.05 bits per heavy atom. The van der Waals surface area contributed by atoms with E-state index in [-0.39, 0.29) is 12.0 Å². The first kappa shape index (κ1) is 17.7. The molecule has 0 saturated carbocycles. The number of carbonyl (C=O) groups excluding carboxylic acids is 2. The molecule has 4 nitrogen and oxygen atoms in total. The SMILES string of the molecule is C=CCC[C@H](NC(=O)Cc1cccc(C(F)(F)F)c1)C(N)=O. The quantitative estimate of drug-likeness (QED) is 0.757. The van der Waals surface area contributed by atoms with Crippen molar-refractivity contribution in [3.8, 4) is 0 Å². The Bertz CT molecular complexity index is 556. The fraction of sp³-hybridized carbons (Fsp3) is 0.333. The average molecular weight is 314 g/mol. The minimum Gasteiger partial charge on any atom is -0.368 e. The van der Waals surface area contributed by atoms with Gasteiger partial charge in [-0.3, -0.25) is 9.59 Å². The van der Waals surface area contributed by atoms with Crippen LogP contribution in [0, 0.1) is 0 Å². The summed E-state index contributed by atoms with van der Waals surface area (Å²) >= 11 is 0. The van der Waals surface area contributed by atoms with Crippen LogP contribution in [0.5, 0.6) is 0 Å². The van der Waals surface area contributed by atoms with Crippen molar-refractivity contribution >= 4 is 11.8 Å². The number of allylic oxidation sites excluding steroid dienone is 1. The number of primary amides is 1. The number of halogens is 3. The molecule has 120 valence electrons. The standard InChI is InChI=1S/C15H17F3N2O2/c1-2-3-7-12(14(19)22)20-13(21)9-10-5-4-6-11(8-10)15(16,17)18/h2,4-6,8,12H,1,3,7,9H2,(H2,19,22)(H,20,21)/t12-/m0/s1. The monoisotopic (exact) mass is 314 g/mol. The summed E-state index contributed by atoms with van der Waals surface area (Å²) in [5.41, 5.74) is 4.55. The largest absolute Gasteiger partial charge is 0.416 e. The van der Waals surface area contributed by atoms with Gasteiger partial charge in [0.2, 0.25) is 11.8 Å². The number of rotatable bonds is 7. The van der Waals surface area contributed by atoms with Gasteiger partial charge in [-0.15, -0.1) is 6.58 Å². The maximum Gasteiger partial charge on any atom is 0.416 e. The minimum absolute atomic E-state index is 0.208. The van der Waals surface area contributed by atoms with Gasteiger partial charge in [-0.05, 0) is 24.5 Å². The van der Waals surface area contributed by atoms with E-state index in [9.17, 15) is 22.8 Å². The van der Waals surface area contributed by atoms with Crippen LogP contribution in [0.2, 0.25) is 0 Å². The fourth-order valence-electron chi connectivity index (χ4n) is 1.86. The molecule has 0 radical (unpaired) electrons. The molecule has 1 rings (SSSR count).